The van der Waals surface area contributed by atoms with E-state index in [1.165, 1.54) is 24.3 Å². The second-order valence-electron chi connectivity index (χ2n) is 5.43. The van der Waals surface area contributed by atoms with Gasteiger partial charge in [0.1, 0.15) is 19.0 Å². The Kier molecular flexibility index (Phi) is 5.35. The zero-order valence-corrected chi connectivity index (χ0v) is 13.4. The first-order valence-corrected chi connectivity index (χ1v) is 7.87. The molecule has 2 aromatic carbocycles. The molecule has 3 rings (SSSR count). The monoisotopic (exact) mass is 347 g/mol. The smallest absolute Gasteiger partial charge is 0.251 e. The Balaban J connectivity index is 1.51. The highest BCUT2D eigenvalue weighted by molar-refractivity contribution is 5.94. The first-order valence-electron chi connectivity index (χ1n) is 7.87. The van der Waals surface area contributed by atoms with Crippen molar-refractivity contribution in [3.63, 3.8) is 0 Å². The highest BCUT2D eigenvalue weighted by Gasteiger charge is 2.23. The summed E-state index contributed by atoms with van der Waals surface area (Å²) >= 11 is 0. The molecule has 0 fully saturated rings. The van der Waals surface area contributed by atoms with E-state index in [9.17, 15) is 9.18 Å². The lowest BCUT2D eigenvalue weighted by Crippen LogP contribution is -2.32. The van der Waals surface area contributed by atoms with Crippen molar-refractivity contribution in [2.45, 2.75) is 6.10 Å². The van der Waals surface area contributed by atoms with Gasteiger partial charge in [0.15, 0.2) is 17.6 Å². The van der Waals surface area contributed by atoms with Gasteiger partial charge in [-0.3, -0.25) is 4.79 Å². The highest BCUT2D eigenvalue weighted by atomic mass is 19.1. The van der Waals surface area contributed by atoms with Gasteiger partial charge < -0.3 is 24.6 Å². The van der Waals surface area contributed by atoms with Gasteiger partial charge in [-0.1, -0.05) is 6.07 Å². The fourth-order valence-electron chi connectivity index (χ4n) is 2.35. The summed E-state index contributed by atoms with van der Waals surface area (Å²) in [5.74, 6) is 0.809. The molecule has 1 aliphatic heterocycles. The zero-order valence-electron chi connectivity index (χ0n) is 13.4. The maximum absolute atomic E-state index is 12.8. The molecule has 0 aliphatic carbocycles. The molecule has 0 radical (unpaired) electrons. The van der Waals surface area contributed by atoms with Crippen molar-refractivity contribution in [1.29, 1.82) is 0 Å². The first kappa shape index (κ1) is 17.0. The second kappa shape index (κ2) is 7.85. The summed E-state index contributed by atoms with van der Waals surface area (Å²) < 4.78 is 29.6. The Hall–Kier alpha value is -2.80. The van der Waals surface area contributed by atoms with Gasteiger partial charge in [-0.25, -0.2) is 4.39 Å². The van der Waals surface area contributed by atoms with Crippen LogP contribution in [0.3, 0.4) is 0 Å². The number of nitrogens with one attached hydrogen (secondary N) is 1. The van der Waals surface area contributed by atoms with Gasteiger partial charge >= 0.3 is 0 Å². The van der Waals surface area contributed by atoms with E-state index < -0.39 is 6.10 Å². The molecule has 1 unspecified atom stereocenters. The molecular formula is C18H18FNO5. The number of hydrogen-bond acceptors (Lipinski definition) is 5. The molecule has 0 saturated carbocycles. The van der Waals surface area contributed by atoms with Crippen LogP contribution in [0.2, 0.25) is 0 Å². The summed E-state index contributed by atoms with van der Waals surface area (Å²) in [5.41, 5.74) is 0.380. The van der Waals surface area contributed by atoms with E-state index in [0.29, 0.717) is 22.8 Å². The lowest BCUT2D eigenvalue weighted by Gasteiger charge is -2.26. The van der Waals surface area contributed by atoms with Crippen molar-refractivity contribution in [2.75, 3.05) is 26.4 Å². The molecular weight excluding hydrogens is 329 g/mol. The van der Waals surface area contributed by atoms with Crippen LogP contribution in [0.4, 0.5) is 4.39 Å². The molecule has 7 heteroatoms. The third-order valence-corrected chi connectivity index (χ3v) is 3.61. The van der Waals surface area contributed by atoms with Crippen molar-refractivity contribution < 1.29 is 28.5 Å². The Bertz CT molecular complexity index is 735. The molecule has 2 aromatic rings. The fourth-order valence-corrected chi connectivity index (χ4v) is 2.35. The molecule has 2 N–H and O–H groups in total. The number of fused-ring (bicyclic) bond motifs is 1. The maximum atomic E-state index is 12.8. The SMILES string of the molecule is O=C(NCCOc1cccc2c1OCC(CO)O2)c1ccc(F)cc1. The van der Waals surface area contributed by atoms with E-state index in [0.717, 1.165) is 0 Å². The number of carbonyl (C=O) groups is 1. The molecule has 1 amide bonds. The Morgan fingerprint density at radius 2 is 2.08 bits per heavy atom. The minimum atomic E-state index is -0.391. The number of rotatable bonds is 6. The Morgan fingerprint density at radius 1 is 1.28 bits per heavy atom. The lowest BCUT2D eigenvalue weighted by atomic mass is 10.2. The van der Waals surface area contributed by atoms with Crippen LogP contribution in [0.25, 0.3) is 0 Å². The number of aliphatic hydroxyl groups is 1. The van der Waals surface area contributed by atoms with Crippen molar-refractivity contribution in [3.8, 4) is 17.2 Å². The summed E-state index contributed by atoms with van der Waals surface area (Å²) in [6.07, 6.45) is -0.391. The Labute approximate surface area is 144 Å². The number of aliphatic hydroxyl groups excluding tert-OH is 1. The van der Waals surface area contributed by atoms with Crippen LogP contribution in [0.1, 0.15) is 10.4 Å². The predicted octanol–water partition coefficient (Wildman–Crippen LogP) is 1.77. The molecule has 0 spiro atoms. The van der Waals surface area contributed by atoms with Crippen LogP contribution in [0, 0.1) is 5.82 Å². The molecule has 0 bridgehead atoms. The van der Waals surface area contributed by atoms with Gasteiger partial charge in [-0.15, -0.1) is 0 Å². The molecule has 1 atom stereocenters. The molecule has 1 heterocycles. The minimum absolute atomic E-state index is 0.125. The van der Waals surface area contributed by atoms with Gasteiger partial charge in [0.05, 0.1) is 13.2 Å². The van der Waals surface area contributed by atoms with Crippen molar-refractivity contribution in [3.05, 3.63) is 53.8 Å². The van der Waals surface area contributed by atoms with E-state index in [-0.39, 0.29) is 38.1 Å². The normalized spacial score (nSPS) is 15.5. The predicted molar refractivity (Wildman–Crippen MR) is 87.7 cm³/mol. The molecule has 25 heavy (non-hydrogen) atoms. The van der Waals surface area contributed by atoms with E-state index in [4.69, 9.17) is 19.3 Å². The van der Waals surface area contributed by atoms with Gasteiger partial charge in [0.25, 0.3) is 5.91 Å². The van der Waals surface area contributed by atoms with Crippen LogP contribution in [0.5, 0.6) is 17.2 Å². The van der Waals surface area contributed by atoms with E-state index >= 15 is 0 Å². The summed E-state index contributed by atoms with van der Waals surface area (Å²) in [6, 6.07) is 10.5. The highest BCUT2D eigenvalue weighted by Crippen LogP contribution is 2.40. The number of halogens is 1. The fraction of sp³-hybridized carbons (Fsp3) is 0.278. The van der Waals surface area contributed by atoms with Crippen LogP contribution < -0.4 is 19.5 Å². The summed E-state index contributed by atoms with van der Waals surface area (Å²) in [5, 5.41) is 11.8. The topological polar surface area (TPSA) is 77.0 Å². The number of para-hydroxylation sites is 1. The van der Waals surface area contributed by atoms with E-state index in [2.05, 4.69) is 5.32 Å². The number of ether oxygens (including phenoxy) is 3. The molecule has 132 valence electrons. The number of benzene rings is 2. The van der Waals surface area contributed by atoms with Crippen LogP contribution in [0.15, 0.2) is 42.5 Å². The van der Waals surface area contributed by atoms with E-state index in [1.54, 1.807) is 18.2 Å². The van der Waals surface area contributed by atoms with E-state index in [1.807, 2.05) is 0 Å². The summed E-state index contributed by atoms with van der Waals surface area (Å²) in [6.45, 7) is 0.626. The van der Waals surface area contributed by atoms with Gasteiger partial charge in [-0.05, 0) is 36.4 Å². The van der Waals surface area contributed by atoms with Crippen LogP contribution in [-0.2, 0) is 0 Å². The third-order valence-electron chi connectivity index (χ3n) is 3.61. The third kappa shape index (κ3) is 4.19. The second-order valence-corrected chi connectivity index (χ2v) is 5.43. The van der Waals surface area contributed by atoms with Crippen molar-refractivity contribution in [2.24, 2.45) is 0 Å². The number of hydrogen-bond donors (Lipinski definition) is 2. The van der Waals surface area contributed by atoms with Gasteiger partial charge in [0, 0.05) is 5.56 Å². The zero-order chi connectivity index (χ0) is 17.6. The first-order chi connectivity index (χ1) is 12.2. The standard InChI is InChI=1S/C18H18FNO5/c19-13-6-4-12(5-7-13)18(22)20-8-9-23-15-2-1-3-16-17(15)24-11-14(10-21)25-16/h1-7,14,21H,8-11H2,(H,20,22). The Morgan fingerprint density at radius 3 is 2.84 bits per heavy atom. The molecule has 6 nitrogen and oxygen atoms in total. The molecule has 1 aliphatic rings. The largest absolute Gasteiger partial charge is 0.488 e. The lowest BCUT2D eigenvalue weighted by molar-refractivity contribution is 0.0432. The number of carbonyl (C=O) groups excluding carboxylic acids is 1. The van der Waals surface area contributed by atoms with Gasteiger partial charge in [-0.2, -0.15) is 0 Å². The van der Waals surface area contributed by atoms with Crippen LogP contribution >= 0.6 is 0 Å². The van der Waals surface area contributed by atoms with Crippen LogP contribution in [-0.4, -0.2) is 43.5 Å². The average molecular weight is 347 g/mol. The molecule has 0 saturated heterocycles. The summed E-state index contributed by atoms with van der Waals surface area (Å²) in [4.78, 5) is 11.9. The van der Waals surface area contributed by atoms with Crippen molar-refractivity contribution in [1.82, 2.24) is 5.32 Å². The number of amides is 1. The maximum Gasteiger partial charge on any atom is 0.251 e. The molecule has 0 aromatic heterocycles. The quantitative estimate of drug-likeness (QED) is 0.779. The van der Waals surface area contributed by atoms with Gasteiger partial charge in [0.2, 0.25) is 5.75 Å². The average Bonchev–Trinajstić information content (AvgIpc) is 2.65. The minimum Gasteiger partial charge on any atom is -0.488 e. The summed E-state index contributed by atoms with van der Waals surface area (Å²) in [7, 11) is 0. The van der Waals surface area contributed by atoms with Crippen molar-refractivity contribution >= 4 is 5.91 Å².